The fraction of sp³-hybridized carbons (Fsp3) is 0.583. The van der Waals surface area contributed by atoms with Gasteiger partial charge in [0.1, 0.15) is 61.0 Å². The maximum Gasteiger partial charge on any atom is 0.331 e. The normalized spacial score (nSPS) is 36.4. The minimum absolute atomic E-state index is 0.115. The van der Waals surface area contributed by atoms with Gasteiger partial charge in [-0.05, 0) is 54.8 Å². The number of benzene rings is 2. The van der Waals surface area contributed by atoms with Crippen LogP contribution in [0, 0.1) is 0 Å². The van der Waals surface area contributed by atoms with Crippen molar-refractivity contribution in [3.8, 4) is 23.0 Å². The van der Waals surface area contributed by atoms with E-state index < -0.39 is 111 Å². The number of rotatable bonds is 14. The van der Waals surface area contributed by atoms with E-state index in [1.807, 2.05) is 0 Å². The van der Waals surface area contributed by atoms with Crippen molar-refractivity contribution in [2.24, 2.45) is 0 Å². The number of aliphatic hydroxyl groups is 8. The number of aliphatic hydroxyl groups excluding tert-OH is 8. The molecule has 0 aromatic heterocycles. The predicted octanol–water partition coefficient (Wildman–Crippen LogP) is -2.89. The fourth-order valence-corrected chi connectivity index (χ4v) is 6.29. The Bertz CT molecular complexity index is 1620. The number of carbonyl (C=O) groups excluding carboxylic acids is 1. The molecule has 11 N–H and O–H groups in total. The Kier molecular flexibility index (Phi) is 14.9. The monoisotopic (exact) mass is 800 g/mol. The first-order chi connectivity index (χ1) is 26.6. The average molecular weight is 801 g/mol. The van der Waals surface area contributed by atoms with E-state index in [1.54, 1.807) is 0 Å². The van der Waals surface area contributed by atoms with E-state index >= 15 is 0 Å². The molecule has 0 radical (unpaired) electrons. The Morgan fingerprint density at radius 2 is 1.38 bits per heavy atom. The molecule has 0 unspecified atom stereocenters. The SMILES string of the molecule is COc1cc(/C=C/C(=O)O[C@H]2[C@H](O[C@@H]3O[C@@H](C)[C@H](O)[C@@H](O)[C@H]3O)[C@@H](O)[C@H](OCCc3ccc(O)c(O)c3)O[C@@H]2CO[C@@H]2O[C@H](CO)[C@@H](O)[C@H](O)[C@H]2O)ccc1O. The first-order valence-electron chi connectivity index (χ1n) is 17.6. The van der Waals surface area contributed by atoms with Crippen LogP contribution in [0.2, 0.25) is 0 Å². The molecule has 3 saturated heterocycles. The molecule has 0 aliphatic carbocycles. The Morgan fingerprint density at radius 1 is 0.714 bits per heavy atom. The number of ether oxygens (including phenoxy) is 8. The van der Waals surface area contributed by atoms with Gasteiger partial charge in [0.05, 0.1) is 33.0 Å². The summed E-state index contributed by atoms with van der Waals surface area (Å²) in [6, 6.07) is 8.31. The molecule has 3 aliphatic rings. The molecule has 3 aliphatic heterocycles. The van der Waals surface area contributed by atoms with Gasteiger partial charge in [-0.15, -0.1) is 0 Å². The van der Waals surface area contributed by atoms with Crippen molar-refractivity contribution in [1.29, 1.82) is 0 Å². The van der Waals surface area contributed by atoms with Gasteiger partial charge < -0.3 is 94.1 Å². The number of methoxy groups -OCH3 is 1. The highest BCUT2D eigenvalue weighted by molar-refractivity contribution is 5.87. The van der Waals surface area contributed by atoms with Gasteiger partial charge in [-0.25, -0.2) is 4.79 Å². The van der Waals surface area contributed by atoms with Crippen LogP contribution in [0.1, 0.15) is 18.1 Å². The average Bonchev–Trinajstić information content (AvgIpc) is 3.18. The molecule has 5 rings (SSSR count). The summed E-state index contributed by atoms with van der Waals surface area (Å²) in [6.45, 7) is -0.207. The van der Waals surface area contributed by atoms with Gasteiger partial charge in [-0.1, -0.05) is 12.1 Å². The molecule has 2 aromatic rings. The summed E-state index contributed by atoms with van der Waals surface area (Å²) in [5, 5.41) is 113. The predicted molar refractivity (Wildman–Crippen MR) is 185 cm³/mol. The Labute approximate surface area is 319 Å². The third-order valence-corrected chi connectivity index (χ3v) is 9.57. The molecule has 0 spiro atoms. The molecule has 3 fully saturated rings. The lowest BCUT2D eigenvalue weighted by Gasteiger charge is -2.47. The van der Waals surface area contributed by atoms with Gasteiger partial charge in [0.25, 0.3) is 0 Å². The van der Waals surface area contributed by atoms with Crippen molar-refractivity contribution in [2.75, 3.05) is 26.9 Å². The van der Waals surface area contributed by atoms with Gasteiger partial charge in [-0.3, -0.25) is 0 Å². The van der Waals surface area contributed by atoms with E-state index in [0.717, 1.165) is 6.08 Å². The zero-order valence-electron chi connectivity index (χ0n) is 30.2. The van der Waals surface area contributed by atoms with Crippen molar-refractivity contribution in [2.45, 2.75) is 105 Å². The van der Waals surface area contributed by atoms with E-state index in [-0.39, 0.29) is 36.0 Å². The lowest BCUT2D eigenvalue weighted by atomic mass is 9.96. The van der Waals surface area contributed by atoms with E-state index in [2.05, 4.69) is 0 Å². The highest BCUT2D eigenvalue weighted by Crippen LogP contribution is 2.33. The zero-order chi connectivity index (χ0) is 40.8. The lowest BCUT2D eigenvalue weighted by molar-refractivity contribution is -0.364. The van der Waals surface area contributed by atoms with Crippen LogP contribution in [-0.2, 0) is 44.4 Å². The number of phenols is 3. The number of carbonyl (C=O) groups is 1. The largest absolute Gasteiger partial charge is 0.504 e. The molecule has 312 valence electrons. The second-order valence-corrected chi connectivity index (χ2v) is 13.5. The molecule has 20 nitrogen and oxygen atoms in total. The van der Waals surface area contributed by atoms with Crippen LogP contribution in [0.3, 0.4) is 0 Å². The molecule has 20 heteroatoms. The van der Waals surface area contributed by atoms with E-state index in [0.29, 0.717) is 11.1 Å². The Hall–Kier alpha value is -3.71. The molecule has 2 aromatic carbocycles. The standard InChI is InChI=1S/C36H48O20/c1-15-25(42)27(44)30(47)36(52-15)56-33-31(48)35(50-10-9-17-3-6-18(38)20(40)11-17)54-23(14-51-34-29(46)28(45)26(43)22(13-37)53-34)32(33)55-24(41)8-5-16-4-7-19(39)21(12-16)49-2/h3-8,11-12,15,22-23,25-40,42-48H,9-10,13-14H2,1-2H3/b8-5+/t15-,22+,23+,25-,26+,27+,28-,29+,30+,31+,32+,33+,34+,35+,36-/m0/s1. The summed E-state index contributed by atoms with van der Waals surface area (Å²) < 4.78 is 45.5. The van der Waals surface area contributed by atoms with Gasteiger partial charge >= 0.3 is 5.97 Å². The molecule has 15 atom stereocenters. The second kappa shape index (κ2) is 19.2. The Morgan fingerprint density at radius 3 is 2.07 bits per heavy atom. The first kappa shape index (κ1) is 43.4. The topological polar surface area (TPSA) is 313 Å². The van der Waals surface area contributed by atoms with Gasteiger partial charge in [-0.2, -0.15) is 0 Å². The van der Waals surface area contributed by atoms with E-state index in [9.17, 15) is 61.0 Å². The van der Waals surface area contributed by atoms with Crippen molar-refractivity contribution >= 4 is 12.0 Å². The number of aromatic hydroxyl groups is 3. The summed E-state index contributed by atoms with van der Waals surface area (Å²) in [7, 11) is 1.33. The highest BCUT2D eigenvalue weighted by Gasteiger charge is 2.53. The van der Waals surface area contributed by atoms with Crippen LogP contribution in [0.25, 0.3) is 6.08 Å². The van der Waals surface area contributed by atoms with Gasteiger partial charge in [0, 0.05) is 6.08 Å². The van der Waals surface area contributed by atoms with Crippen molar-refractivity contribution in [3.05, 3.63) is 53.6 Å². The smallest absolute Gasteiger partial charge is 0.331 e. The number of hydrogen-bond acceptors (Lipinski definition) is 20. The maximum absolute atomic E-state index is 13.4. The van der Waals surface area contributed by atoms with Gasteiger partial charge in [0.2, 0.25) is 0 Å². The quantitative estimate of drug-likeness (QED) is 0.0519. The molecule has 0 bridgehead atoms. The fourth-order valence-electron chi connectivity index (χ4n) is 6.29. The van der Waals surface area contributed by atoms with Gasteiger partial charge in [0.15, 0.2) is 48.0 Å². The Balaban J connectivity index is 1.44. The van der Waals surface area contributed by atoms with Crippen LogP contribution in [0.5, 0.6) is 23.0 Å². The van der Waals surface area contributed by atoms with Crippen molar-refractivity contribution in [3.63, 3.8) is 0 Å². The van der Waals surface area contributed by atoms with E-state index in [4.69, 9.17) is 37.9 Å². The second-order valence-electron chi connectivity index (χ2n) is 13.5. The van der Waals surface area contributed by atoms with Crippen LogP contribution < -0.4 is 4.74 Å². The zero-order valence-corrected chi connectivity index (χ0v) is 30.2. The third-order valence-electron chi connectivity index (χ3n) is 9.57. The summed E-state index contributed by atoms with van der Waals surface area (Å²) in [5.74, 6) is -1.81. The highest BCUT2D eigenvalue weighted by atomic mass is 16.8. The van der Waals surface area contributed by atoms with Crippen molar-refractivity contribution in [1.82, 2.24) is 0 Å². The van der Waals surface area contributed by atoms with Crippen LogP contribution >= 0.6 is 0 Å². The van der Waals surface area contributed by atoms with Crippen LogP contribution in [0.4, 0.5) is 0 Å². The number of phenolic OH excluding ortho intramolecular Hbond substituents is 3. The summed E-state index contributed by atoms with van der Waals surface area (Å²) in [4.78, 5) is 13.4. The summed E-state index contributed by atoms with van der Waals surface area (Å²) >= 11 is 0. The first-order valence-corrected chi connectivity index (χ1v) is 17.6. The molecular weight excluding hydrogens is 752 g/mol. The van der Waals surface area contributed by atoms with Crippen molar-refractivity contribution < 1.29 is 98.9 Å². The minimum atomic E-state index is -1.87. The van der Waals surface area contributed by atoms with Crippen LogP contribution in [0.15, 0.2) is 42.5 Å². The summed E-state index contributed by atoms with van der Waals surface area (Å²) in [6.07, 6.45) is -22.2. The minimum Gasteiger partial charge on any atom is -0.504 e. The lowest BCUT2D eigenvalue weighted by Crippen LogP contribution is -2.65. The number of hydrogen-bond donors (Lipinski definition) is 11. The third kappa shape index (κ3) is 10.0. The molecule has 3 heterocycles. The summed E-state index contributed by atoms with van der Waals surface area (Å²) in [5.41, 5.74) is 0.925. The molecule has 56 heavy (non-hydrogen) atoms. The molecule has 0 saturated carbocycles. The van der Waals surface area contributed by atoms with Crippen LogP contribution in [-0.4, -0.2) is 181 Å². The maximum atomic E-state index is 13.4. The van der Waals surface area contributed by atoms with E-state index in [1.165, 1.54) is 56.5 Å². The molecular formula is C36H48O20. The molecule has 0 amide bonds. The number of esters is 1.